The number of hydrogen-bond acceptors (Lipinski definition) is 3. The van der Waals surface area contributed by atoms with Gasteiger partial charge in [0, 0.05) is 18.5 Å². The van der Waals surface area contributed by atoms with Crippen LogP contribution in [0.2, 0.25) is 0 Å². The van der Waals surface area contributed by atoms with Gasteiger partial charge in [-0.05, 0) is 31.0 Å². The first-order chi connectivity index (χ1) is 9.54. The number of primary amides is 1. The van der Waals surface area contributed by atoms with Crippen LogP contribution in [0.4, 0.5) is 0 Å². The number of benzene rings is 1. The number of nitrogens with one attached hydrogen (secondary N) is 1. The molecule has 5 N–H and O–H groups in total. The van der Waals surface area contributed by atoms with Gasteiger partial charge in [-0.3, -0.25) is 9.59 Å². The molecule has 0 atom stereocenters. The highest BCUT2D eigenvalue weighted by atomic mass is 16.2. The molecule has 20 heavy (non-hydrogen) atoms. The largest absolute Gasteiger partial charge is 0.370 e. The number of aryl methyl sites for hydroxylation is 1. The van der Waals surface area contributed by atoms with Gasteiger partial charge in [0.1, 0.15) is 0 Å². The van der Waals surface area contributed by atoms with Gasteiger partial charge < -0.3 is 16.8 Å². The van der Waals surface area contributed by atoms with E-state index in [9.17, 15) is 9.59 Å². The molecule has 0 saturated carbocycles. The first kappa shape index (κ1) is 15.7. The molecule has 0 fully saturated rings. The average Bonchev–Trinajstić information content (AvgIpc) is 2.41. The fourth-order valence-corrected chi connectivity index (χ4v) is 1.67. The normalized spacial score (nSPS) is 9.50. The van der Waals surface area contributed by atoms with Crippen LogP contribution in [0.5, 0.6) is 0 Å². The van der Waals surface area contributed by atoms with Gasteiger partial charge in [-0.15, -0.1) is 0 Å². The second-order valence-corrected chi connectivity index (χ2v) is 4.38. The van der Waals surface area contributed by atoms with Crippen molar-refractivity contribution in [3.63, 3.8) is 0 Å². The number of nitrogens with two attached hydrogens (primary N) is 2. The third-order valence-corrected chi connectivity index (χ3v) is 2.63. The Labute approximate surface area is 118 Å². The molecule has 1 aromatic carbocycles. The summed E-state index contributed by atoms with van der Waals surface area (Å²) in [6.45, 7) is 2.58. The standard InChI is InChI=1S/C15H19N3O2/c1-11-6-7-13(12(10-11)4-2-8-16)15(20)18-9-3-5-14(17)19/h6-7,10H,3,5,8-9,16H2,1H3,(H2,17,19)(H,18,20). The predicted octanol–water partition coefficient (Wildman–Crippen LogP) is 0.301. The molecule has 106 valence electrons. The number of amides is 2. The minimum Gasteiger partial charge on any atom is -0.370 e. The maximum absolute atomic E-state index is 12.1. The Kier molecular flexibility index (Phi) is 6.27. The van der Waals surface area contributed by atoms with Crippen molar-refractivity contribution in [1.82, 2.24) is 5.32 Å². The van der Waals surface area contributed by atoms with Crippen LogP contribution in [-0.4, -0.2) is 24.9 Å². The topological polar surface area (TPSA) is 98.2 Å². The Morgan fingerprint density at radius 2 is 2.10 bits per heavy atom. The van der Waals surface area contributed by atoms with Crippen LogP contribution in [0.1, 0.15) is 34.3 Å². The second kappa shape index (κ2) is 7.97. The van der Waals surface area contributed by atoms with Crippen LogP contribution >= 0.6 is 0 Å². The van der Waals surface area contributed by atoms with E-state index in [1.807, 2.05) is 19.1 Å². The molecule has 0 spiro atoms. The Hall–Kier alpha value is -2.32. The molecular formula is C15H19N3O2. The number of carbonyl (C=O) groups excluding carboxylic acids is 2. The van der Waals surface area contributed by atoms with Gasteiger partial charge in [-0.25, -0.2) is 0 Å². The first-order valence-corrected chi connectivity index (χ1v) is 6.40. The maximum Gasteiger partial charge on any atom is 0.252 e. The zero-order valence-electron chi connectivity index (χ0n) is 11.5. The summed E-state index contributed by atoms with van der Waals surface area (Å²) in [7, 11) is 0. The molecule has 0 aliphatic heterocycles. The summed E-state index contributed by atoms with van der Waals surface area (Å²) in [5.74, 6) is 5.06. The molecule has 1 rings (SSSR count). The van der Waals surface area contributed by atoms with Crippen molar-refractivity contribution >= 4 is 11.8 Å². The summed E-state index contributed by atoms with van der Waals surface area (Å²) in [5.41, 5.74) is 12.6. The fourth-order valence-electron chi connectivity index (χ4n) is 1.67. The van der Waals surface area contributed by atoms with Gasteiger partial charge in [0.05, 0.1) is 12.1 Å². The first-order valence-electron chi connectivity index (χ1n) is 6.40. The summed E-state index contributed by atoms with van der Waals surface area (Å²) in [5, 5.41) is 2.74. The van der Waals surface area contributed by atoms with Crippen LogP contribution in [0, 0.1) is 18.8 Å². The lowest BCUT2D eigenvalue weighted by atomic mass is 10.0. The smallest absolute Gasteiger partial charge is 0.252 e. The summed E-state index contributed by atoms with van der Waals surface area (Å²) in [6.07, 6.45) is 0.783. The molecule has 1 aromatic rings. The number of carbonyl (C=O) groups is 2. The van der Waals surface area contributed by atoms with Crippen LogP contribution in [-0.2, 0) is 4.79 Å². The van der Waals surface area contributed by atoms with Crippen LogP contribution in [0.25, 0.3) is 0 Å². The lowest BCUT2D eigenvalue weighted by Gasteiger charge is -2.07. The quantitative estimate of drug-likeness (QED) is 0.531. The number of rotatable bonds is 5. The molecule has 5 heteroatoms. The molecule has 0 saturated heterocycles. The zero-order chi connectivity index (χ0) is 15.0. The van der Waals surface area contributed by atoms with Gasteiger partial charge in [0.15, 0.2) is 0 Å². The monoisotopic (exact) mass is 273 g/mol. The molecule has 0 aliphatic carbocycles. The van der Waals surface area contributed by atoms with Crippen molar-refractivity contribution in [3.05, 3.63) is 34.9 Å². The van der Waals surface area contributed by atoms with E-state index in [-0.39, 0.29) is 24.8 Å². The molecular weight excluding hydrogens is 254 g/mol. The Morgan fingerprint density at radius 1 is 1.35 bits per heavy atom. The molecule has 0 radical (unpaired) electrons. The molecule has 0 unspecified atom stereocenters. The van der Waals surface area contributed by atoms with E-state index in [1.165, 1.54) is 0 Å². The molecule has 0 aromatic heterocycles. The summed E-state index contributed by atoms with van der Waals surface area (Å²) >= 11 is 0. The van der Waals surface area contributed by atoms with Crippen LogP contribution in [0.15, 0.2) is 18.2 Å². The van der Waals surface area contributed by atoms with Crippen molar-refractivity contribution < 1.29 is 9.59 Å². The van der Waals surface area contributed by atoms with Crippen molar-refractivity contribution in [2.75, 3.05) is 13.1 Å². The molecule has 0 heterocycles. The summed E-state index contributed by atoms with van der Waals surface area (Å²) in [4.78, 5) is 22.7. The van der Waals surface area contributed by atoms with E-state index in [4.69, 9.17) is 11.5 Å². The Bertz CT molecular complexity index is 556. The van der Waals surface area contributed by atoms with Gasteiger partial charge in [0.25, 0.3) is 5.91 Å². The minimum atomic E-state index is -0.371. The zero-order valence-corrected chi connectivity index (χ0v) is 11.5. The van der Waals surface area contributed by atoms with Gasteiger partial charge in [0.2, 0.25) is 5.91 Å². The maximum atomic E-state index is 12.1. The highest BCUT2D eigenvalue weighted by molar-refractivity contribution is 5.96. The minimum absolute atomic E-state index is 0.212. The molecule has 0 aliphatic rings. The highest BCUT2D eigenvalue weighted by Gasteiger charge is 2.09. The Balaban J connectivity index is 2.74. The fraction of sp³-hybridized carbons (Fsp3) is 0.333. The summed E-state index contributed by atoms with van der Waals surface area (Å²) in [6, 6.07) is 5.44. The lowest BCUT2D eigenvalue weighted by molar-refractivity contribution is -0.118. The van der Waals surface area contributed by atoms with Gasteiger partial charge in [-0.1, -0.05) is 17.9 Å². The van der Waals surface area contributed by atoms with E-state index in [0.29, 0.717) is 24.1 Å². The molecule has 5 nitrogen and oxygen atoms in total. The highest BCUT2D eigenvalue weighted by Crippen LogP contribution is 2.10. The van der Waals surface area contributed by atoms with Crippen LogP contribution < -0.4 is 16.8 Å². The van der Waals surface area contributed by atoms with Crippen molar-refractivity contribution in [3.8, 4) is 11.8 Å². The van der Waals surface area contributed by atoms with Crippen molar-refractivity contribution in [2.24, 2.45) is 11.5 Å². The summed E-state index contributed by atoms with van der Waals surface area (Å²) < 4.78 is 0. The second-order valence-electron chi connectivity index (χ2n) is 4.38. The third-order valence-electron chi connectivity index (χ3n) is 2.63. The van der Waals surface area contributed by atoms with Gasteiger partial charge >= 0.3 is 0 Å². The van der Waals surface area contributed by atoms with Gasteiger partial charge in [-0.2, -0.15) is 0 Å². The van der Waals surface area contributed by atoms with E-state index < -0.39 is 0 Å². The van der Waals surface area contributed by atoms with Crippen LogP contribution in [0.3, 0.4) is 0 Å². The number of hydrogen-bond donors (Lipinski definition) is 3. The van der Waals surface area contributed by atoms with Crippen molar-refractivity contribution in [1.29, 1.82) is 0 Å². The molecule has 0 bridgehead atoms. The predicted molar refractivity (Wildman–Crippen MR) is 77.9 cm³/mol. The third kappa shape index (κ3) is 5.12. The Morgan fingerprint density at radius 3 is 2.75 bits per heavy atom. The van der Waals surface area contributed by atoms with E-state index >= 15 is 0 Å². The van der Waals surface area contributed by atoms with Crippen molar-refractivity contribution in [2.45, 2.75) is 19.8 Å². The van der Waals surface area contributed by atoms with E-state index in [0.717, 1.165) is 5.56 Å². The SMILES string of the molecule is Cc1ccc(C(=O)NCCCC(N)=O)c(C#CCN)c1. The average molecular weight is 273 g/mol. The lowest BCUT2D eigenvalue weighted by Crippen LogP contribution is -2.26. The van der Waals surface area contributed by atoms with E-state index in [2.05, 4.69) is 17.2 Å². The van der Waals surface area contributed by atoms with E-state index in [1.54, 1.807) is 6.07 Å². The molecule has 2 amide bonds.